The van der Waals surface area contributed by atoms with E-state index >= 15 is 0 Å². The van der Waals surface area contributed by atoms with Crippen LogP contribution in [0.15, 0.2) is 60.0 Å². The highest BCUT2D eigenvalue weighted by Crippen LogP contribution is 2.37. The summed E-state index contributed by atoms with van der Waals surface area (Å²) >= 11 is 6.85. The molecule has 0 saturated carbocycles. The van der Waals surface area contributed by atoms with Crippen LogP contribution in [0.4, 0.5) is 10.5 Å². The smallest absolute Gasteiger partial charge is 0.298 e. The number of methoxy groups -OCH3 is 1. The molecule has 1 heterocycles. The first-order chi connectivity index (χ1) is 13.0. The molecule has 0 aliphatic carbocycles. The van der Waals surface area contributed by atoms with Crippen LogP contribution in [0, 0.1) is 0 Å². The van der Waals surface area contributed by atoms with Crippen molar-refractivity contribution in [2.24, 2.45) is 0 Å². The first-order valence-corrected chi connectivity index (χ1v) is 9.18. The van der Waals surface area contributed by atoms with Crippen molar-refractivity contribution in [3.05, 3.63) is 70.6 Å². The summed E-state index contributed by atoms with van der Waals surface area (Å²) in [6, 6.07) is 11.9. The number of anilines is 1. The van der Waals surface area contributed by atoms with Crippen LogP contribution in [0.5, 0.6) is 11.5 Å². The SMILES string of the molecule is C=CCOc1ccc(C=C2SC(=O)N(c3cccc(Cl)c3)C2=O)cc1OC. The van der Waals surface area contributed by atoms with Gasteiger partial charge in [0.1, 0.15) is 6.61 Å². The van der Waals surface area contributed by atoms with Gasteiger partial charge in [0.25, 0.3) is 11.1 Å². The second kappa shape index (κ2) is 8.33. The molecule has 1 aliphatic rings. The highest BCUT2D eigenvalue weighted by molar-refractivity contribution is 8.19. The van der Waals surface area contributed by atoms with Gasteiger partial charge in [-0.3, -0.25) is 9.59 Å². The molecule has 1 saturated heterocycles. The fourth-order valence-electron chi connectivity index (χ4n) is 2.50. The van der Waals surface area contributed by atoms with Crippen LogP contribution in [0.3, 0.4) is 0 Å². The Bertz CT molecular complexity index is 941. The highest BCUT2D eigenvalue weighted by Gasteiger charge is 2.36. The molecule has 3 rings (SSSR count). The van der Waals surface area contributed by atoms with Gasteiger partial charge in [0.2, 0.25) is 0 Å². The van der Waals surface area contributed by atoms with Crippen LogP contribution in [0.25, 0.3) is 6.08 Å². The Kier molecular flexibility index (Phi) is 5.88. The fourth-order valence-corrected chi connectivity index (χ4v) is 3.52. The molecule has 138 valence electrons. The maximum absolute atomic E-state index is 12.7. The zero-order valence-corrected chi connectivity index (χ0v) is 16.0. The third-order valence-electron chi connectivity index (χ3n) is 3.70. The molecule has 2 amide bonds. The number of ether oxygens (including phenoxy) is 2. The third kappa shape index (κ3) is 4.18. The molecule has 0 atom stereocenters. The van der Waals surface area contributed by atoms with Gasteiger partial charge < -0.3 is 9.47 Å². The lowest BCUT2D eigenvalue weighted by atomic mass is 10.2. The topological polar surface area (TPSA) is 55.8 Å². The van der Waals surface area contributed by atoms with Crippen molar-refractivity contribution in [2.45, 2.75) is 0 Å². The van der Waals surface area contributed by atoms with E-state index in [2.05, 4.69) is 6.58 Å². The van der Waals surface area contributed by atoms with Gasteiger partial charge in [0, 0.05) is 5.02 Å². The fraction of sp³-hybridized carbons (Fsp3) is 0.100. The lowest BCUT2D eigenvalue weighted by molar-refractivity contribution is -0.113. The second-order valence-corrected chi connectivity index (χ2v) is 6.94. The normalized spacial score (nSPS) is 15.3. The molecule has 5 nitrogen and oxygen atoms in total. The first-order valence-electron chi connectivity index (χ1n) is 7.98. The van der Waals surface area contributed by atoms with Gasteiger partial charge in [0.15, 0.2) is 11.5 Å². The molecule has 7 heteroatoms. The van der Waals surface area contributed by atoms with Gasteiger partial charge >= 0.3 is 0 Å². The predicted octanol–water partition coefficient (Wildman–Crippen LogP) is 5.15. The van der Waals surface area contributed by atoms with Gasteiger partial charge in [0.05, 0.1) is 17.7 Å². The van der Waals surface area contributed by atoms with E-state index in [9.17, 15) is 9.59 Å². The van der Waals surface area contributed by atoms with Crippen molar-refractivity contribution in [3.8, 4) is 11.5 Å². The lowest BCUT2D eigenvalue weighted by Gasteiger charge is -2.12. The summed E-state index contributed by atoms with van der Waals surface area (Å²) in [5.74, 6) is 0.708. The summed E-state index contributed by atoms with van der Waals surface area (Å²) in [6.45, 7) is 3.97. The van der Waals surface area contributed by atoms with Gasteiger partial charge in [-0.05, 0) is 53.7 Å². The molecule has 0 spiro atoms. The standard InChI is InChI=1S/C20H16ClNO4S/c1-3-9-26-16-8-7-13(10-17(16)25-2)11-18-19(23)22(20(24)27-18)15-6-4-5-14(21)12-15/h3-8,10-12H,1,9H2,2H3. The molecule has 0 bridgehead atoms. The molecule has 2 aromatic rings. The number of benzene rings is 2. The number of nitrogens with zero attached hydrogens (tertiary/aromatic N) is 1. The van der Waals surface area contributed by atoms with Crippen LogP contribution in [0.2, 0.25) is 5.02 Å². The zero-order valence-electron chi connectivity index (χ0n) is 14.5. The average molecular weight is 402 g/mol. The number of thioether (sulfide) groups is 1. The van der Waals surface area contributed by atoms with Gasteiger partial charge in [-0.15, -0.1) is 0 Å². The van der Waals surface area contributed by atoms with Crippen molar-refractivity contribution in [1.29, 1.82) is 0 Å². The molecule has 0 aromatic heterocycles. The summed E-state index contributed by atoms with van der Waals surface area (Å²) in [6.07, 6.45) is 3.29. The number of halogens is 1. The van der Waals surface area contributed by atoms with Gasteiger partial charge in [-0.1, -0.05) is 36.4 Å². The second-order valence-electron chi connectivity index (χ2n) is 5.51. The Balaban J connectivity index is 1.88. The highest BCUT2D eigenvalue weighted by atomic mass is 35.5. The van der Waals surface area contributed by atoms with E-state index in [1.807, 2.05) is 0 Å². The summed E-state index contributed by atoms with van der Waals surface area (Å²) in [5.41, 5.74) is 1.16. The number of imide groups is 1. The third-order valence-corrected chi connectivity index (χ3v) is 4.81. The van der Waals surface area contributed by atoms with Crippen LogP contribution >= 0.6 is 23.4 Å². The number of hydrogen-bond acceptors (Lipinski definition) is 5. The monoisotopic (exact) mass is 401 g/mol. The molecular formula is C20H16ClNO4S. The van der Waals surface area contributed by atoms with E-state index in [1.165, 1.54) is 7.11 Å². The van der Waals surface area contributed by atoms with Gasteiger partial charge in [-0.2, -0.15) is 0 Å². The van der Waals surface area contributed by atoms with E-state index in [0.717, 1.165) is 22.2 Å². The summed E-state index contributed by atoms with van der Waals surface area (Å²) in [7, 11) is 1.53. The predicted molar refractivity (Wildman–Crippen MR) is 109 cm³/mol. The van der Waals surface area contributed by atoms with Crippen molar-refractivity contribution in [1.82, 2.24) is 0 Å². The summed E-state index contributed by atoms with van der Waals surface area (Å²) in [4.78, 5) is 26.5. The number of carbonyl (C=O) groups is 2. The summed E-state index contributed by atoms with van der Waals surface area (Å²) in [5, 5.41) is 0.0850. The quantitative estimate of drug-likeness (QED) is 0.494. The molecule has 1 fully saturated rings. The molecule has 2 aromatic carbocycles. The maximum Gasteiger partial charge on any atom is 0.298 e. The number of amides is 2. The van der Waals surface area contributed by atoms with Crippen LogP contribution in [-0.4, -0.2) is 24.9 Å². The Labute approximate surface area is 166 Å². The minimum atomic E-state index is -0.391. The van der Waals surface area contributed by atoms with E-state index in [0.29, 0.717) is 33.7 Å². The Morgan fingerprint density at radius 1 is 1.19 bits per heavy atom. The van der Waals surface area contributed by atoms with Crippen molar-refractivity contribution >= 4 is 46.3 Å². The first kappa shape index (κ1) is 19.1. The number of hydrogen-bond donors (Lipinski definition) is 0. The molecule has 0 radical (unpaired) electrons. The molecule has 0 N–H and O–H groups in total. The van der Waals surface area contributed by atoms with E-state index < -0.39 is 5.91 Å². The van der Waals surface area contributed by atoms with Crippen molar-refractivity contribution in [3.63, 3.8) is 0 Å². The molecule has 1 aliphatic heterocycles. The van der Waals surface area contributed by atoms with E-state index in [4.69, 9.17) is 21.1 Å². The van der Waals surface area contributed by atoms with Crippen LogP contribution in [0.1, 0.15) is 5.56 Å². The van der Waals surface area contributed by atoms with Crippen LogP contribution in [-0.2, 0) is 4.79 Å². The van der Waals surface area contributed by atoms with E-state index in [1.54, 1.807) is 54.6 Å². The van der Waals surface area contributed by atoms with Crippen molar-refractivity contribution in [2.75, 3.05) is 18.6 Å². The zero-order chi connectivity index (χ0) is 19.4. The Morgan fingerprint density at radius 3 is 2.70 bits per heavy atom. The molecule has 27 heavy (non-hydrogen) atoms. The van der Waals surface area contributed by atoms with Crippen molar-refractivity contribution < 1.29 is 19.1 Å². The summed E-state index contributed by atoms with van der Waals surface area (Å²) < 4.78 is 10.8. The Morgan fingerprint density at radius 2 is 2.00 bits per heavy atom. The minimum absolute atomic E-state index is 0.321. The van der Waals surface area contributed by atoms with Gasteiger partial charge in [-0.25, -0.2) is 4.90 Å². The lowest BCUT2D eigenvalue weighted by Crippen LogP contribution is -2.27. The minimum Gasteiger partial charge on any atom is -0.493 e. The average Bonchev–Trinajstić information content (AvgIpc) is 2.93. The Hall–Kier alpha value is -2.70. The number of rotatable bonds is 6. The largest absolute Gasteiger partial charge is 0.493 e. The molecule has 0 unspecified atom stereocenters. The molecular weight excluding hydrogens is 386 g/mol. The van der Waals surface area contributed by atoms with Crippen LogP contribution < -0.4 is 14.4 Å². The maximum atomic E-state index is 12.7. The number of carbonyl (C=O) groups excluding carboxylic acids is 2. The van der Waals surface area contributed by atoms with E-state index in [-0.39, 0.29) is 5.24 Å².